The highest BCUT2D eigenvalue weighted by atomic mass is 127. The fourth-order valence-electron chi connectivity index (χ4n) is 9.06. The third-order valence-electron chi connectivity index (χ3n) is 12.6. The summed E-state index contributed by atoms with van der Waals surface area (Å²) in [5.74, 6) is -2.71. The van der Waals surface area contributed by atoms with Gasteiger partial charge in [0.05, 0.1) is 11.8 Å². The summed E-state index contributed by atoms with van der Waals surface area (Å²) in [6, 6.07) is 13.7. The van der Waals surface area contributed by atoms with E-state index in [4.69, 9.17) is 0 Å². The van der Waals surface area contributed by atoms with Crippen LogP contribution in [0, 0.1) is 28.9 Å². The smallest absolute Gasteiger partial charge is 0.321 e. The van der Waals surface area contributed by atoms with Gasteiger partial charge in [-0.25, -0.2) is 8.78 Å². The van der Waals surface area contributed by atoms with E-state index in [0.717, 1.165) is 66.6 Å². The first-order valence-corrected chi connectivity index (χ1v) is 26.1. The first-order valence-electron chi connectivity index (χ1n) is 22.1. The highest BCUT2D eigenvalue weighted by molar-refractivity contribution is 8.00. The quantitative estimate of drug-likeness (QED) is 0.0392. The topological polar surface area (TPSA) is 124 Å². The number of carbonyl (C=O) groups is 4. The van der Waals surface area contributed by atoms with E-state index < -0.39 is 35.1 Å². The number of halogens is 3. The fraction of sp³-hybridized carbons (Fsp3) is 0.574. The lowest BCUT2D eigenvalue weighted by Crippen LogP contribution is -3.35. The standard InChI is InChI=1S/C44H58F2N5O5S.C3H6I.Al/c1-6-29(7-2)19-32-21-39(52)50(42(32)54)18-17-48-37(43(55)56)27-57-28-40(53)51(25-31-15-16-47-23-31)41(44(3,4)5)38-20-33(35-22-34(45)13-14-36(35)46)26-49(38)24-30-11-9-8-10-12-30;1-2-3-4;/h8-14,20,22,26,31-32,37,41,47-48H,6-7,15-19,21,23-25,27-28H2,1-5H3,(H,55,56);1-3H2;/q;-1;/t31?,32?,37-,41-;;/m0../s1. The van der Waals surface area contributed by atoms with Gasteiger partial charge in [0.2, 0.25) is 32.9 Å². The molecule has 10 nitrogen and oxygen atoms in total. The normalized spacial score (nSPS) is 18.0. The number of nitrogens with zero attached hydrogens (tertiary/aromatic N) is 3. The zero-order valence-electron chi connectivity index (χ0n) is 36.9. The van der Waals surface area contributed by atoms with Crippen LogP contribution in [-0.4, -0.2) is 113 Å². The minimum atomic E-state index is -1.08. The number of imide groups is 1. The number of alkyl halides is 1. The molecule has 15 heteroatoms. The minimum Gasteiger partial charge on any atom is -0.797 e. The summed E-state index contributed by atoms with van der Waals surface area (Å²) in [7, 11) is 0. The lowest BCUT2D eigenvalue weighted by molar-refractivity contribution is -0.367. The predicted octanol–water partition coefficient (Wildman–Crippen LogP) is 4.59. The van der Waals surface area contributed by atoms with Crippen molar-refractivity contribution in [3.8, 4) is 11.1 Å². The van der Waals surface area contributed by atoms with Crippen LogP contribution in [0.4, 0.5) is 8.78 Å². The third-order valence-corrected chi connectivity index (χ3v) is 17.0. The average Bonchev–Trinajstić information content (AvgIpc) is 3.97. The van der Waals surface area contributed by atoms with Crippen LogP contribution in [0.15, 0.2) is 60.8 Å². The van der Waals surface area contributed by atoms with E-state index in [0.29, 0.717) is 18.7 Å². The van der Waals surface area contributed by atoms with Gasteiger partial charge in [-0.3, -0.25) is 24.1 Å². The van der Waals surface area contributed by atoms with Gasteiger partial charge in [0.25, 0.3) is 0 Å². The number of carbonyl (C=O) groups excluding carboxylic acids is 3. The van der Waals surface area contributed by atoms with Gasteiger partial charge in [-0.2, -0.15) is 4.43 Å². The van der Waals surface area contributed by atoms with Crippen molar-refractivity contribution in [2.75, 3.05) is 48.7 Å². The molecule has 3 amide bonds. The highest BCUT2D eigenvalue weighted by Gasteiger charge is 2.43. The Morgan fingerprint density at radius 1 is 1.10 bits per heavy atom. The molecule has 2 radical (unpaired) electrons. The molecule has 0 bridgehead atoms. The Bertz CT molecular complexity index is 1970. The first-order chi connectivity index (χ1) is 29.6. The summed E-state index contributed by atoms with van der Waals surface area (Å²) in [6.45, 7) is 13.3. The molecule has 62 heavy (non-hydrogen) atoms. The molecule has 3 N–H and O–H groups in total. The molecule has 1 aromatic heterocycles. The largest absolute Gasteiger partial charge is 0.797 e. The van der Waals surface area contributed by atoms with Crippen molar-refractivity contribution in [1.82, 2.24) is 25.0 Å². The summed E-state index contributed by atoms with van der Waals surface area (Å²) in [5, 5.41) is 17.8. The van der Waals surface area contributed by atoms with E-state index in [1.807, 2.05) is 52.1 Å². The molecular weight excluding hydrogens is 938 g/mol. The lowest BCUT2D eigenvalue weighted by atomic mass is 9.82. The molecule has 3 heterocycles. The maximum Gasteiger partial charge on any atom is 0.321 e. The van der Waals surface area contributed by atoms with Crippen LogP contribution >= 0.6 is 11.8 Å². The second kappa shape index (κ2) is 23.4. The molecular formula is C47H64AlF2IN5O5S-. The highest BCUT2D eigenvalue weighted by Crippen LogP contribution is 2.45. The summed E-state index contributed by atoms with van der Waals surface area (Å²) >= 11 is 3.80. The van der Waals surface area contributed by atoms with Crippen LogP contribution < -0.4 is 33.2 Å². The second-order valence-corrected chi connectivity index (χ2v) is 22.3. The van der Waals surface area contributed by atoms with Gasteiger partial charge >= 0.3 is 5.97 Å². The van der Waals surface area contributed by atoms with Crippen molar-refractivity contribution in [1.29, 1.82) is 0 Å². The monoisotopic (exact) mass is 1000 g/mol. The van der Waals surface area contributed by atoms with Crippen molar-refractivity contribution in [2.45, 2.75) is 101 Å². The molecule has 338 valence electrons. The summed E-state index contributed by atoms with van der Waals surface area (Å²) in [6.07, 6.45) is 6.81. The first kappa shape index (κ1) is 50.2. The molecule has 5 rings (SSSR count). The SMILES string of the molecule is CC[C](CC)(CC1CC(=O)N(CCN[C@@H](CSCC(=O)N(CC2CCNC2)[C@@H](c2cc(-c3cc(F)ccc3F)cn2Cc2ccccc2)C(C)(C)C)C(=O)O)C1=O)[Al][CH2]CC[I-]. The summed E-state index contributed by atoms with van der Waals surface area (Å²) in [5.41, 5.74) is 1.94. The van der Waals surface area contributed by atoms with Crippen LogP contribution in [0.5, 0.6) is 0 Å². The fourth-order valence-corrected chi connectivity index (χ4v) is 13.3. The molecule has 2 aliphatic heterocycles. The summed E-state index contributed by atoms with van der Waals surface area (Å²) in [4.78, 5) is 56.9. The van der Waals surface area contributed by atoms with E-state index in [2.05, 4.69) is 67.8 Å². The van der Waals surface area contributed by atoms with Gasteiger partial charge in [-0.15, -0.1) is 17.0 Å². The Morgan fingerprint density at radius 3 is 2.48 bits per heavy atom. The number of thioether (sulfide) groups is 1. The average molecular weight is 1000 g/mol. The Morgan fingerprint density at radius 2 is 1.84 bits per heavy atom. The second-order valence-electron chi connectivity index (χ2n) is 18.0. The number of benzene rings is 2. The number of hydrogen-bond donors (Lipinski definition) is 3. The van der Waals surface area contributed by atoms with Gasteiger partial charge in [0.15, 0.2) is 0 Å². The van der Waals surface area contributed by atoms with E-state index in [1.54, 1.807) is 0 Å². The predicted molar refractivity (Wildman–Crippen MR) is 240 cm³/mol. The number of carboxylic acid groups (broad SMARTS) is 1. The lowest BCUT2D eigenvalue weighted by Gasteiger charge is -2.42. The number of hydrogen-bond acceptors (Lipinski definition) is 7. The van der Waals surface area contributed by atoms with Crippen LogP contribution in [0.25, 0.3) is 11.1 Å². The number of rotatable bonds is 24. The van der Waals surface area contributed by atoms with Gasteiger partial charge in [0.1, 0.15) is 17.7 Å². The number of carboxylic acids is 1. The van der Waals surface area contributed by atoms with Gasteiger partial charge < -0.3 is 47.8 Å². The summed E-state index contributed by atoms with van der Waals surface area (Å²) < 4.78 is 33.1. The Kier molecular flexibility index (Phi) is 18.9. The minimum absolute atomic E-state index is 0.0180. The van der Waals surface area contributed by atoms with Crippen LogP contribution in [-0.2, 0) is 25.7 Å². The van der Waals surface area contributed by atoms with Gasteiger partial charge in [-0.1, -0.05) is 88.5 Å². The molecule has 0 aliphatic carbocycles. The maximum atomic E-state index is 15.3. The maximum absolute atomic E-state index is 15.3. The number of likely N-dealkylation sites (tertiary alicyclic amines) is 1. The zero-order chi connectivity index (χ0) is 45.0. The number of aromatic nitrogens is 1. The van der Waals surface area contributed by atoms with Gasteiger partial charge in [-0.05, 0) is 67.1 Å². The molecule has 0 saturated carbocycles. The van der Waals surface area contributed by atoms with E-state index in [-0.39, 0.29) is 85.6 Å². The number of aliphatic carboxylic acids is 1. The van der Waals surface area contributed by atoms with Crippen molar-refractivity contribution < 1.29 is 55.7 Å². The van der Waals surface area contributed by atoms with Crippen LogP contribution in [0.1, 0.15) is 90.4 Å². The number of nitrogens with one attached hydrogen (secondary N) is 2. The van der Waals surface area contributed by atoms with Gasteiger partial charge in [0, 0.05) is 67.3 Å². The molecule has 0 spiro atoms. The zero-order valence-corrected chi connectivity index (χ0v) is 41.1. The molecule has 2 fully saturated rings. The van der Waals surface area contributed by atoms with E-state index in [9.17, 15) is 28.7 Å². The van der Waals surface area contributed by atoms with Crippen LogP contribution in [0.3, 0.4) is 0 Å². The molecule has 3 aromatic rings. The van der Waals surface area contributed by atoms with Crippen molar-refractivity contribution in [2.24, 2.45) is 17.3 Å². The molecule has 2 aliphatic rings. The number of amides is 3. The van der Waals surface area contributed by atoms with E-state index in [1.165, 1.54) is 34.4 Å². The van der Waals surface area contributed by atoms with Crippen molar-refractivity contribution in [3.05, 3.63) is 83.7 Å². The molecule has 2 aromatic carbocycles. The molecule has 4 atom stereocenters. The molecule has 2 unspecified atom stereocenters. The Balaban J connectivity index is 1.30. The third kappa shape index (κ3) is 13.4. The van der Waals surface area contributed by atoms with Crippen molar-refractivity contribution >= 4 is 50.7 Å². The Hall–Kier alpha value is -2.81. The van der Waals surface area contributed by atoms with Crippen LogP contribution in [0.2, 0.25) is 9.56 Å². The molecule has 2 saturated heterocycles. The van der Waals surface area contributed by atoms with E-state index >= 15 is 4.39 Å². The van der Waals surface area contributed by atoms with Crippen molar-refractivity contribution in [3.63, 3.8) is 0 Å². The Labute approximate surface area is 390 Å².